The average molecular weight is 416 g/mol. The molecule has 0 radical (unpaired) electrons. The maximum atomic E-state index is 12.8. The van der Waals surface area contributed by atoms with Gasteiger partial charge in [0.1, 0.15) is 17.0 Å². The number of methoxy groups -OCH3 is 1. The van der Waals surface area contributed by atoms with E-state index in [1.54, 1.807) is 14.0 Å². The van der Waals surface area contributed by atoms with Crippen molar-refractivity contribution in [3.63, 3.8) is 0 Å². The van der Waals surface area contributed by atoms with Crippen molar-refractivity contribution in [2.75, 3.05) is 25.2 Å². The molecule has 0 spiro atoms. The molecular weight excluding hydrogens is 390 g/mol. The molecule has 0 bridgehead atoms. The summed E-state index contributed by atoms with van der Waals surface area (Å²) in [7, 11) is 1.65. The predicted octanol–water partition coefficient (Wildman–Crippen LogP) is 3.36. The molecule has 0 atom stereocenters. The van der Waals surface area contributed by atoms with E-state index < -0.39 is 5.97 Å². The van der Waals surface area contributed by atoms with Crippen LogP contribution in [0.25, 0.3) is 10.1 Å². The number of hydrogen-bond acceptors (Lipinski definition) is 7. The van der Waals surface area contributed by atoms with Crippen LogP contribution in [0.15, 0.2) is 35.1 Å². The highest BCUT2D eigenvalue weighted by Crippen LogP contribution is 2.32. The normalized spacial score (nSPS) is 10.9. The van der Waals surface area contributed by atoms with Crippen LogP contribution in [0.5, 0.6) is 5.75 Å². The summed E-state index contributed by atoms with van der Waals surface area (Å²) >= 11 is 1.43. The number of fused-ring (bicyclic) bond motifs is 1. The number of hydrogen-bond donors (Lipinski definition) is 0. The molecule has 0 N–H and O–H groups in total. The van der Waals surface area contributed by atoms with E-state index >= 15 is 0 Å². The summed E-state index contributed by atoms with van der Waals surface area (Å²) in [6.07, 6.45) is 0. The minimum absolute atomic E-state index is 0.181. The van der Waals surface area contributed by atoms with Gasteiger partial charge in [-0.2, -0.15) is 5.10 Å². The molecule has 3 rings (SSSR count). The molecule has 154 valence electrons. The summed E-state index contributed by atoms with van der Waals surface area (Å²) in [4.78, 5) is 26.8. The molecule has 7 nitrogen and oxygen atoms in total. The van der Waals surface area contributed by atoms with E-state index in [4.69, 9.17) is 9.47 Å². The first-order chi connectivity index (χ1) is 14.0. The zero-order chi connectivity index (χ0) is 21.0. The molecule has 8 heteroatoms. The molecule has 0 aliphatic rings. The van der Waals surface area contributed by atoms with Crippen molar-refractivity contribution in [1.82, 2.24) is 9.78 Å². The zero-order valence-corrected chi connectivity index (χ0v) is 17.9. The number of aromatic nitrogens is 2. The molecule has 0 aliphatic carbocycles. The number of anilines is 1. The molecule has 0 amide bonds. The van der Waals surface area contributed by atoms with Gasteiger partial charge >= 0.3 is 5.97 Å². The lowest BCUT2D eigenvalue weighted by atomic mass is 10.2. The van der Waals surface area contributed by atoms with Gasteiger partial charge in [0.15, 0.2) is 0 Å². The predicted molar refractivity (Wildman–Crippen MR) is 115 cm³/mol. The molecule has 0 saturated heterocycles. The van der Waals surface area contributed by atoms with Crippen molar-refractivity contribution in [2.45, 2.75) is 33.9 Å². The van der Waals surface area contributed by atoms with E-state index in [2.05, 4.69) is 16.9 Å². The molecular formula is C21H25N3O4S. The highest BCUT2D eigenvalue weighted by molar-refractivity contribution is 7.22. The van der Waals surface area contributed by atoms with Gasteiger partial charge in [-0.1, -0.05) is 12.1 Å². The van der Waals surface area contributed by atoms with E-state index in [9.17, 15) is 9.59 Å². The maximum absolute atomic E-state index is 12.8. The Balaban J connectivity index is 1.92. The average Bonchev–Trinajstić information content (AvgIpc) is 3.17. The minimum atomic E-state index is -0.465. The number of ether oxygens (including phenoxy) is 2. The molecule has 0 aliphatic heterocycles. The summed E-state index contributed by atoms with van der Waals surface area (Å²) in [6, 6.07) is 9.96. The third-order valence-electron chi connectivity index (χ3n) is 4.62. The third-order valence-corrected chi connectivity index (χ3v) is 5.80. The Kier molecular flexibility index (Phi) is 6.53. The van der Waals surface area contributed by atoms with E-state index in [-0.39, 0.29) is 18.7 Å². The molecule has 0 saturated carbocycles. The van der Waals surface area contributed by atoms with Gasteiger partial charge in [-0.3, -0.25) is 9.59 Å². The first kappa shape index (κ1) is 20.9. The van der Waals surface area contributed by atoms with Crippen LogP contribution >= 0.6 is 11.3 Å². The molecule has 0 unspecified atom stereocenters. The number of benzene rings is 1. The van der Waals surface area contributed by atoms with Crippen molar-refractivity contribution in [3.05, 3.63) is 51.9 Å². The number of thiophene rings is 1. The lowest BCUT2D eigenvalue weighted by molar-refractivity contribution is -0.144. The second-order valence-electron chi connectivity index (χ2n) is 6.54. The van der Waals surface area contributed by atoms with Gasteiger partial charge in [-0.15, -0.1) is 11.3 Å². The Labute approximate surface area is 173 Å². The molecule has 0 fully saturated rings. The van der Waals surface area contributed by atoms with Crippen LogP contribution < -0.4 is 15.2 Å². The van der Waals surface area contributed by atoms with Crippen molar-refractivity contribution in [2.24, 2.45) is 0 Å². The lowest BCUT2D eigenvalue weighted by Crippen LogP contribution is -2.28. The van der Waals surface area contributed by atoms with Crippen LogP contribution in [0.3, 0.4) is 0 Å². The van der Waals surface area contributed by atoms with Crippen molar-refractivity contribution in [3.8, 4) is 5.75 Å². The Morgan fingerprint density at radius 2 is 1.97 bits per heavy atom. The fraction of sp³-hybridized carbons (Fsp3) is 0.381. The zero-order valence-electron chi connectivity index (χ0n) is 17.1. The van der Waals surface area contributed by atoms with Gasteiger partial charge < -0.3 is 14.4 Å². The SMILES string of the molecule is CCOC(=O)Cn1nc(C)c2cc(N(CC)Cc3ccc(OC)cc3)sc2c1=O. The van der Waals surface area contributed by atoms with Crippen molar-refractivity contribution < 1.29 is 14.3 Å². The molecule has 2 heterocycles. The topological polar surface area (TPSA) is 73.7 Å². The van der Waals surface area contributed by atoms with Gasteiger partial charge in [0, 0.05) is 18.5 Å². The fourth-order valence-electron chi connectivity index (χ4n) is 3.09. The summed E-state index contributed by atoms with van der Waals surface area (Å²) in [5.74, 6) is 0.356. The van der Waals surface area contributed by atoms with Crippen LogP contribution in [-0.2, 0) is 22.6 Å². The number of rotatable bonds is 8. The first-order valence-electron chi connectivity index (χ1n) is 9.51. The summed E-state index contributed by atoms with van der Waals surface area (Å²) in [6.45, 7) is 7.27. The second kappa shape index (κ2) is 9.09. The number of nitrogens with zero attached hydrogens (tertiary/aromatic N) is 3. The maximum Gasteiger partial charge on any atom is 0.327 e. The van der Waals surface area contributed by atoms with Crippen LogP contribution in [-0.4, -0.2) is 36.0 Å². The van der Waals surface area contributed by atoms with Crippen LogP contribution in [0.2, 0.25) is 0 Å². The van der Waals surface area contributed by atoms with Gasteiger partial charge in [0.25, 0.3) is 5.56 Å². The monoisotopic (exact) mass is 415 g/mol. The Morgan fingerprint density at radius 1 is 1.24 bits per heavy atom. The summed E-state index contributed by atoms with van der Waals surface area (Å²) < 4.78 is 12.0. The second-order valence-corrected chi connectivity index (χ2v) is 7.57. The number of carbonyl (C=O) groups excluding carboxylic acids is 1. The minimum Gasteiger partial charge on any atom is -0.497 e. The van der Waals surface area contributed by atoms with Gasteiger partial charge in [-0.25, -0.2) is 4.68 Å². The Hall–Kier alpha value is -2.87. The molecule has 1 aromatic carbocycles. The molecule has 29 heavy (non-hydrogen) atoms. The van der Waals surface area contributed by atoms with Crippen LogP contribution in [0, 0.1) is 6.92 Å². The third kappa shape index (κ3) is 4.59. The molecule has 2 aromatic heterocycles. The quantitative estimate of drug-likeness (QED) is 0.525. The summed E-state index contributed by atoms with van der Waals surface area (Å²) in [5.41, 5.74) is 1.60. The Morgan fingerprint density at radius 3 is 2.59 bits per heavy atom. The first-order valence-corrected chi connectivity index (χ1v) is 10.3. The molecule has 3 aromatic rings. The number of esters is 1. The van der Waals surface area contributed by atoms with E-state index in [0.717, 1.165) is 34.8 Å². The van der Waals surface area contributed by atoms with Gasteiger partial charge in [0.2, 0.25) is 0 Å². The van der Waals surface area contributed by atoms with Crippen molar-refractivity contribution in [1.29, 1.82) is 0 Å². The van der Waals surface area contributed by atoms with Gasteiger partial charge in [0.05, 0.1) is 24.4 Å². The number of aryl methyl sites for hydroxylation is 1. The lowest BCUT2D eigenvalue weighted by Gasteiger charge is -2.21. The largest absolute Gasteiger partial charge is 0.497 e. The van der Waals surface area contributed by atoms with E-state index in [0.29, 0.717) is 10.4 Å². The summed E-state index contributed by atoms with van der Waals surface area (Å²) in [5, 5.41) is 6.12. The smallest absolute Gasteiger partial charge is 0.327 e. The highest BCUT2D eigenvalue weighted by Gasteiger charge is 2.17. The highest BCUT2D eigenvalue weighted by atomic mass is 32.1. The van der Waals surface area contributed by atoms with Crippen LogP contribution in [0.1, 0.15) is 25.1 Å². The fourth-order valence-corrected chi connectivity index (χ4v) is 4.31. The van der Waals surface area contributed by atoms with Crippen LogP contribution in [0.4, 0.5) is 5.00 Å². The van der Waals surface area contributed by atoms with E-state index in [1.807, 2.05) is 37.3 Å². The Bertz CT molecular complexity index is 1060. The number of carbonyl (C=O) groups is 1. The standard InChI is InChI=1S/C21H25N3O4S/c1-5-23(12-15-7-9-16(27-4)10-8-15)18-11-17-14(3)22-24(13-19(25)28-6-2)21(26)20(17)29-18/h7-11H,5-6,12-13H2,1-4H3. The van der Waals surface area contributed by atoms with Crippen molar-refractivity contribution >= 4 is 32.4 Å². The van der Waals surface area contributed by atoms with E-state index in [1.165, 1.54) is 16.0 Å². The van der Waals surface area contributed by atoms with Gasteiger partial charge in [-0.05, 0) is 44.5 Å².